The number of carbonyl (C=O) groups excluding carboxylic acids is 1. The molecule has 0 saturated heterocycles. The summed E-state index contributed by atoms with van der Waals surface area (Å²) in [5, 5.41) is 10.2. The fourth-order valence-corrected chi connectivity index (χ4v) is 4.97. The van der Waals surface area contributed by atoms with Gasteiger partial charge in [0.05, 0.1) is 30.2 Å². The first-order chi connectivity index (χ1) is 15.7. The van der Waals surface area contributed by atoms with Crippen LogP contribution in [-0.4, -0.2) is 43.7 Å². The minimum absolute atomic E-state index is 0.0632. The van der Waals surface area contributed by atoms with Crippen LogP contribution in [0.4, 0.5) is 0 Å². The quantitative estimate of drug-likeness (QED) is 0.421. The molecular weight excluding hydrogens is 450 g/mol. The van der Waals surface area contributed by atoms with E-state index in [1.54, 1.807) is 36.4 Å². The third-order valence-corrected chi connectivity index (χ3v) is 6.85. The molecule has 4 aromatic rings. The molecular formula is C23H19NO8S. The van der Waals surface area contributed by atoms with Crippen molar-refractivity contribution in [3.05, 3.63) is 71.8 Å². The van der Waals surface area contributed by atoms with Gasteiger partial charge in [-0.15, -0.1) is 0 Å². The lowest BCUT2D eigenvalue weighted by atomic mass is 10.0. The lowest BCUT2D eigenvalue weighted by Crippen LogP contribution is -2.11. The van der Waals surface area contributed by atoms with Crippen LogP contribution >= 0.6 is 0 Å². The van der Waals surface area contributed by atoms with Gasteiger partial charge in [0.15, 0.2) is 5.75 Å². The van der Waals surface area contributed by atoms with E-state index in [2.05, 4.69) is 4.74 Å². The normalized spacial score (nSPS) is 11.5. The molecule has 0 aliphatic heterocycles. The highest BCUT2D eigenvalue weighted by molar-refractivity contribution is 7.90. The van der Waals surface area contributed by atoms with Crippen LogP contribution in [0.3, 0.4) is 0 Å². The van der Waals surface area contributed by atoms with Crippen LogP contribution in [0, 0.1) is 6.92 Å². The number of rotatable bonds is 6. The maximum atomic E-state index is 13.5. The largest absolute Gasteiger partial charge is 0.492 e. The first-order valence-electron chi connectivity index (χ1n) is 9.65. The summed E-state index contributed by atoms with van der Waals surface area (Å²) in [5.74, 6) is -3.59. The zero-order valence-electron chi connectivity index (χ0n) is 17.9. The van der Waals surface area contributed by atoms with Gasteiger partial charge in [0.1, 0.15) is 0 Å². The summed E-state index contributed by atoms with van der Waals surface area (Å²) in [7, 11) is -1.67. The molecule has 0 aliphatic carbocycles. The Morgan fingerprint density at radius 2 is 1.67 bits per heavy atom. The molecule has 10 heteroatoms. The fourth-order valence-electron chi connectivity index (χ4n) is 3.60. The number of benzene rings is 2. The number of para-hydroxylation sites is 1. The number of aromatic nitrogens is 1. The first-order valence-corrected chi connectivity index (χ1v) is 11.1. The van der Waals surface area contributed by atoms with Crippen molar-refractivity contribution in [2.24, 2.45) is 0 Å². The van der Waals surface area contributed by atoms with E-state index in [9.17, 15) is 23.1 Å². The van der Waals surface area contributed by atoms with Crippen molar-refractivity contribution >= 4 is 32.9 Å². The van der Waals surface area contributed by atoms with Crippen LogP contribution in [0.15, 0.2) is 64.0 Å². The number of carbonyl (C=O) groups is 2. The molecule has 0 bridgehead atoms. The number of aromatic carboxylic acids is 1. The number of ether oxygens (including phenoxy) is 2. The van der Waals surface area contributed by atoms with Crippen LogP contribution in [0.5, 0.6) is 5.75 Å². The third kappa shape index (κ3) is 3.54. The Morgan fingerprint density at radius 1 is 1.00 bits per heavy atom. The molecule has 33 heavy (non-hydrogen) atoms. The Balaban J connectivity index is 2.06. The number of fused-ring (bicyclic) bond motifs is 1. The number of carboxylic acids is 1. The lowest BCUT2D eigenvalue weighted by molar-refractivity contribution is 0.0551. The average Bonchev–Trinajstić information content (AvgIpc) is 3.38. The van der Waals surface area contributed by atoms with Gasteiger partial charge in [-0.2, -0.15) is 0 Å². The summed E-state index contributed by atoms with van der Waals surface area (Å²) in [4.78, 5) is 24.2. The van der Waals surface area contributed by atoms with E-state index >= 15 is 0 Å². The molecule has 0 atom stereocenters. The maximum absolute atomic E-state index is 13.5. The molecule has 0 saturated carbocycles. The van der Waals surface area contributed by atoms with Crippen LogP contribution in [0.1, 0.15) is 26.7 Å². The minimum atomic E-state index is -4.03. The predicted molar refractivity (Wildman–Crippen MR) is 118 cm³/mol. The highest BCUT2D eigenvalue weighted by Gasteiger charge is 2.33. The van der Waals surface area contributed by atoms with E-state index in [1.807, 2.05) is 6.92 Å². The summed E-state index contributed by atoms with van der Waals surface area (Å²) in [6, 6.07) is 12.9. The van der Waals surface area contributed by atoms with Crippen molar-refractivity contribution in [1.29, 1.82) is 0 Å². The Labute approximate surface area is 188 Å². The van der Waals surface area contributed by atoms with Gasteiger partial charge in [0, 0.05) is 17.1 Å². The second kappa shape index (κ2) is 8.14. The zero-order chi connectivity index (χ0) is 23.9. The molecule has 2 aromatic carbocycles. The molecule has 0 aliphatic rings. The molecule has 0 spiro atoms. The van der Waals surface area contributed by atoms with E-state index < -0.39 is 33.5 Å². The highest BCUT2D eigenvalue weighted by Crippen LogP contribution is 2.43. The van der Waals surface area contributed by atoms with Gasteiger partial charge in [0.25, 0.3) is 15.8 Å². The molecule has 9 nitrogen and oxygen atoms in total. The van der Waals surface area contributed by atoms with Gasteiger partial charge in [-0.1, -0.05) is 35.9 Å². The fraction of sp³-hybridized carbons (Fsp3) is 0.130. The predicted octanol–water partition coefficient (Wildman–Crippen LogP) is 3.94. The number of furan rings is 1. The zero-order valence-corrected chi connectivity index (χ0v) is 18.7. The molecule has 0 radical (unpaired) electrons. The van der Waals surface area contributed by atoms with Crippen molar-refractivity contribution in [2.45, 2.75) is 11.8 Å². The lowest BCUT2D eigenvalue weighted by Gasteiger charge is -2.07. The SMILES string of the molecule is COC(=O)c1oc(C(=O)O)c(-c2cn(S(=O)(=O)c3ccc(C)cc3)c3ccccc23)c1OC. The van der Waals surface area contributed by atoms with Crippen LogP contribution in [-0.2, 0) is 14.8 Å². The van der Waals surface area contributed by atoms with E-state index in [4.69, 9.17) is 9.15 Å². The van der Waals surface area contributed by atoms with Gasteiger partial charge in [-0.05, 0) is 25.1 Å². The molecule has 170 valence electrons. The van der Waals surface area contributed by atoms with Crippen LogP contribution < -0.4 is 4.74 Å². The summed E-state index contributed by atoms with van der Waals surface area (Å²) >= 11 is 0. The van der Waals surface area contributed by atoms with Gasteiger partial charge in [0.2, 0.25) is 5.76 Å². The molecule has 1 N–H and O–H groups in total. The van der Waals surface area contributed by atoms with Crippen LogP contribution in [0.2, 0.25) is 0 Å². The number of aryl methyl sites for hydroxylation is 1. The van der Waals surface area contributed by atoms with E-state index in [0.717, 1.165) is 16.6 Å². The van der Waals surface area contributed by atoms with Gasteiger partial charge in [-0.3, -0.25) is 0 Å². The van der Waals surface area contributed by atoms with Crippen LogP contribution in [0.25, 0.3) is 22.0 Å². The Hall–Kier alpha value is -4.05. The van der Waals surface area contributed by atoms with Crippen molar-refractivity contribution in [1.82, 2.24) is 3.97 Å². The number of methoxy groups -OCH3 is 2. The van der Waals surface area contributed by atoms with Gasteiger partial charge in [-0.25, -0.2) is 22.0 Å². The van der Waals surface area contributed by atoms with Gasteiger partial charge < -0.3 is 19.0 Å². The average molecular weight is 469 g/mol. The van der Waals surface area contributed by atoms with E-state index in [1.165, 1.54) is 25.4 Å². The smallest absolute Gasteiger partial charge is 0.377 e. The molecule has 2 heterocycles. The third-order valence-electron chi connectivity index (χ3n) is 5.16. The summed E-state index contributed by atoms with van der Waals surface area (Å²) in [6.07, 6.45) is 1.29. The summed E-state index contributed by atoms with van der Waals surface area (Å²) in [6.45, 7) is 1.84. The standard InChI is InChI=1S/C23H19NO8S/c1-13-8-10-14(11-9-13)33(28,29)24-12-16(15-6-4-5-7-17(15)24)18-19(30-2)21(23(27)31-3)32-20(18)22(25)26/h4-12H,1-3H3,(H,25,26). The van der Waals surface area contributed by atoms with Gasteiger partial charge >= 0.3 is 11.9 Å². The molecule has 0 amide bonds. The van der Waals surface area contributed by atoms with Crippen molar-refractivity contribution in [3.63, 3.8) is 0 Å². The second-order valence-electron chi connectivity index (χ2n) is 7.14. The molecule has 0 unspecified atom stereocenters. The number of carboxylic acid groups (broad SMARTS) is 1. The Bertz CT molecular complexity index is 1490. The van der Waals surface area contributed by atoms with Crippen molar-refractivity contribution in [2.75, 3.05) is 14.2 Å². The minimum Gasteiger partial charge on any atom is -0.492 e. The number of hydrogen-bond acceptors (Lipinski definition) is 7. The van der Waals surface area contributed by atoms with Crippen molar-refractivity contribution in [3.8, 4) is 16.9 Å². The molecule has 4 rings (SSSR count). The topological polar surface area (TPSA) is 125 Å². The number of hydrogen-bond donors (Lipinski definition) is 1. The molecule has 0 fully saturated rings. The van der Waals surface area contributed by atoms with Crippen molar-refractivity contribution < 1.29 is 37.0 Å². The molecule has 2 aromatic heterocycles. The first kappa shape index (κ1) is 22.2. The maximum Gasteiger partial charge on any atom is 0.377 e. The van der Waals surface area contributed by atoms with E-state index in [-0.39, 0.29) is 21.8 Å². The summed E-state index contributed by atoms with van der Waals surface area (Å²) < 4.78 is 43.2. The van der Waals surface area contributed by atoms with E-state index in [0.29, 0.717) is 10.9 Å². The highest BCUT2D eigenvalue weighted by atomic mass is 32.2. The Kier molecular flexibility index (Phi) is 5.46. The Morgan fingerprint density at radius 3 is 2.27 bits per heavy atom. The number of nitrogens with zero attached hydrogens (tertiary/aromatic N) is 1. The second-order valence-corrected chi connectivity index (χ2v) is 8.95. The number of esters is 1. The summed E-state index contributed by atoms with van der Waals surface area (Å²) in [5.41, 5.74) is 1.35. The monoisotopic (exact) mass is 469 g/mol.